The van der Waals surface area contributed by atoms with Gasteiger partial charge in [-0.2, -0.15) is 12.6 Å². The van der Waals surface area contributed by atoms with Gasteiger partial charge in [0.25, 0.3) is 0 Å². The number of rotatable bonds is 5. The van der Waals surface area contributed by atoms with Crippen molar-refractivity contribution in [1.82, 2.24) is 4.90 Å². The van der Waals surface area contributed by atoms with Crippen molar-refractivity contribution in [3.8, 4) is 11.5 Å². The molecule has 0 N–H and O–H groups in total. The maximum absolute atomic E-state index is 12.1. The molecule has 2 atom stereocenters. The lowest BCUT2D eigenvalue weighted by Crippen LogP contribution is -2.30. The number of ether oxygens (including phenoxy) is 2. The molecule has 1 aromatic rings. The van der Waals surface area contributed by atoms with Gasteiger partial charge in [-0.05, 0) is 24.1 Å². The molecule has 1 aromatic carbocycles. The summed E-state index contributed by atoms with van der Waals surface area (Å²) >= 11 is 4.42. The van der Waals surface area contributed by atoms with Gasteiger partial charge in [0.1, 0.15) is 0 Å². The Balaban J connectivity index is 2.30. The molecule has 1 heterocycles. The first-order chi connectivity index (χ1) is 9.60. The first-order valence-corrected chi connectivity index (χ1v) is 7.31. The van der Waals surface area contributed by atoms with E-state index in [4.69, 9.17) is 9.47 Å². The van der Waals surface area contributed by atoms with Crippen LogP contribution in [-0.4, -0.2) is 36.8 Å². The van der Waals surface area contributed by atoms with Crippen molar-refractivity contribution in [3.63, 3.8) is 0 Å². The third-order valence-electron chi connectivity index (χ3n) is 3.69. The number of nitrogens with zero attached hydrogens (tertiary/aromatic N) is 1. The molecule has 0 saturated carbocycles. The predicted octanol–water partition coefficient (Wildman–Crippen LogP) is 2.69. The van der Waals surface area contributed by atoms with E-state index < -0.39 is 0 Å². The molecule has 110 valence electrons. The van der Waals surface area contributed by atoms with Crippen molar-refractivity contribution in [2.45, 2.75) is 31.1 Å². The van der Waals surface area contributed by atoms with E-state index >= 15 is 0 Å². The molecule has 20 heavy (non-hydrogen) atoms. The summed E-state index contributed by atoms with van der Waals surface area (Å²) in [6, 6.07) is 5.90. The highest BCUT2D eigenvalue weighted by atomic mass is 32.1. The maximum Gasteiger partial charge on any atom is 0.224 e. The summed E-state index contributed by atoms with van der Waals surface area (Å²) < 4.78 is 10.6. The number of hydrogen-bond acceptors (Lipinski definition) is 4. The number of thiol groups is 1. The number of likely N-dealkylation sites (tertiary alicyclic amines) is 1. The lowest BCUT2D eigenvalue weighted by atomic mass is 10.0. The summed E-state index contributed by atoms with van der Waals surface area (Å²) in [5, 5.41) is 0.136. The fourth-order valence-corrected chi connectivity index (χ4v) is 3.04. The summed E-state index contributed by atoms with van der Waals surface area (Å²) in [7, 11) is 3.23. The fraction of sp³-hybridized carbons (Fsp3) is 0.533. The molecule has 0 radical (unpaired) electrons. The van der Waals surface area contributed by atoms with Crippen LogP contribution in [0.15, 0.2) is 18.2 Å². The van der Waals surface area contributed by atoms with E-state index in [9.17, 15) is 4.79 Å². The van der Waals surface area contributed by atoms with Crippen LogP contribution in [0.1, 0.15) is 31.4 Å². The second-order valence-electron chi connectivity index (χ2n) is 4.94. The average Bonchev–Trinajstić information content (AvgIpc) is 2.78. The minimum Gasteiger partial charge on any atom is -0.493 e. The Labute approximate surface area is 125 Å². The Morgan fingerprint density at radius 3 is 2.55 bits per heavy atom. The molecular weight excluding hydrogens is 274 g/mol. The molecular formula is C15H21NO3S. The second kappa shape index (κ2) is 6.39. The van der Waals surface area contributed by atoms with Crippen molar-refractivity contribution in [1.29, 1.82) is 0 Å². The van der Waals surface area contributed by atoms with Gasteiger partial charge in [0, 0.05) is 18.2 Å². The maximum atomic E-state index is 12.1. The molecule has 0 aromatic heterocycles. The average molecular weight is 295 g/mol. The monoisotopic (exact) mass is 295 g/mol. The molecule has 5 heteroatoms. The van der Waals surface area contributed by atoms with E-state index in [-0.39, 0.29) is 17.2 Å². The summed E-state index contributed by atoms with van der Waals surface area (Å²) in [4.78, 5) is 14.0. The Morgan fingerprint density at radius 2 is 2.05 bits per heavy atom. The first-order valence-electron chi connectivity index (χ1n) is 6.80. The van der Waals surface area contributed by atoms with E-state index in [2.05, 4.69) is 19.6 Å². The van der Waals surface area contributed by atoms with Crippen LogP contribution in [0, 0.1) is 0 Å². The number of hydrogen-bond donors (Lipinski definition) is 1. The quantitative estimate of drug-likeness (QED) is 0.849. The lowest BCUT2D eigenvalue weighted by molar-refractivity contribution is -0.129. The van der Waals surface area contributed by atoms with E-state index in [1.807, 2.05) is 23.1 Å². The van der Waals surface area contributed by atoms with Crippen LogP contribution in [0.4, 0.5) is 0 Å². The smallest absolute Gasteiger partial charge is 0.224 e. The topological polar surface area (TPSA) is 38.8 Å². The normalized spacial score (nSPS) is 20.1. The van der Waals surface area contributed by atoms with E-state index in [0.717, 1.165) is 12.0 Å². The van der Waals surface area contributed by atoms with Gasteiger partial charge in [-0.3, -0.25) is 4.79 Å². The van der Waals surface area contributed by atoms with E-state index in [1.165, 1.54) is 0 Å². The number of amides is 1. The van der Waals surface area contributed by atoms with Crippen molar-refractivity contribution in [2.24, 2.45) is 0 Å². The second-order valence-corrected chi connectivity index (χ2v) is 5.67. The standard InChI is InChI=1S/C15H21NO3S/c1-4-12(16-9-11(20)8-15(16)17)10-5-6-13(18-2)14(7-10)19-3/h5-7,11-12,20H,4,8-9H2,1-3H3. The van der Waals surface area contributed by atoms with Crippen LogP contribution in [0.25, 0.3) is 0 Å². The Bertz CT molecular complexity index is 492. The van der Waals surface area contributed by atoms with Crippen molar-refractivity contribution in [3.05, 3.63) is 23.8 Å². The largest absolute Gasteiger partial charge is 0.493 e. The van der Waals surface area contributed by atoms with Crippen LogP contribution in [-0.2, 0) is 4.79 Å². The number of methoxy groups -OCH3 is 2. The molecule has 1 amide bonds. The van der Waals surface area contributed by atoms with Gasteiger partial charge in [0.15, 0.2) is 11.5 Å². The van der Waals surface area contributed by atoms with Crippen molar-refractivity contribution in [2.75, 3.05) is 20.8 Å². The number of carbonyl (C=O) groups excluding carboxylic acids is 1. The van der Waals surface area contributed by atoms with Gasteiger partial charge in [-0.25, -0.2) is 0 Å². The first kappa shape index (κ1) is 15.0. The molecule has 0 spiro atoms. The summed E-state index contributed by atoms with van der Waals surface area (Å²) in [6.07, 6.45) is 1.38. The van der Waals surface area contributed by atoms with Gasteiger partial charge in [-0.15, -0.1) is 0 Å². The Morgan fingerprint density at radius 1 is 1.35 bits per heavy atom. The van der Waals surface area contributed by atoms with Gasteiger partial charge >= 0.3 is 0 Å². The van der Waals surface area contributed by atoms with E-state index in [1.54, 1.807) is 14.2 Å². The van der Waals surface area contributed by atoms with Crippen LogP contribution in [0.3, 0.4) is 0 Å². The molecule has 4 nitrogen and oxygen atoms in total. The molecule has 2 unspecified atom stereocenters. The zero-order valence-electron chi connectivity index (χ0n) is 12.1. The Kier molecular flexibility index (Phi) is 4.81. The number of benzene rings is 1. The van der Waals surface area contributed by atoms with Crippen molar-refractivity contribution < 1.29 is 14.3 Å². The summed E-state index contributed by atoms with van der Waals surface area (Å²) in [6.45, 7) is 2.79. The minimum atomic E-state index is 0.0689. The molecule has 1 aliphatic rings. The van der Waals surface area contributed by atoms with Gasteiger partial charge < -0.3 is 14.4 Å². The molecule has 0 aliphatic carbocycles. The zero-order chi connectivity index (χ0) is 14.7. The highest BCUT2D eigenvalue weighted by molar-refractivity contribution is 7.81. The highest BCUT2D eigenvalue weighted by Gasteiger charge is 2.32. The van der Waals surface area contributed by atoms with Crippen LogP contribution < -0.4 is 9.47 Å². The molecule has 1 aliphatic heterocycles. The zero-order valence-corrected chi connectivity index (χ0v) is 13.0. The van der Waals surface area contributed by atoms with Crippen molar-refractivity contribution >= 4 is 18.5 Å². The van der Waals surface area contributed by atoms with Gasteiger partial charge in [0.05, 0.1) is 20.3 Å². The molecule has 1 saturated heterocycles. The van der Waals surface area contributed by atoms with Crippen LogP contribution >= 0.6 is 12.6 Å². The number of carbonyl (C=O) groups is 1. The third kappa shape index (κ3) is 2.87. The third-order valence-corrected chi connectivity index (χ3v) is 4.04. The summed E-state index contributed by atoms with van der Waals surface area (Å²) in [5.74, 6) is 1.56. The predicted molar refractivity (Wildman–Crippen MR) is 81.7 cm³/mol. The molecule has 1 fully saturated rings. The molecule has 0 bridgehead atoms. The summed E-state index contributed by atoms with van der Waals surface area (Å²) in [5.41, 5.74) is 1.07. The SMILES string of the molecule is CCC(c1ccc(OC)c(OC)c1)N1CC(S)CC1=O. The highest BCUT2D eigenvalue weighted by Crippen LogP contribution is 2.35. The van der Waals surface area contributed by atoms with Crippen LogP contribution in [0.5, 0.6) is 11.5 Å². The fourth-order valence-electron chi connectivity index (χ4n) is 2.71. The van der Waals surface area contributed by atoms with Crippen LogP contribution in [0.2, 0.25) is 0 Å². The lowest BCUT2D eigenvalue weighted by Gasteiger charge is -2.28. The minimum absolute atomic E-state index is 0.0689. The Hall–Kier alpha value is -1.36. The van der Waals surface area contributed by atoms with Gasteiger partial charge in [-0.1, -0.05) is 13.0 Å². The molecule has 2 rings (SSSR count). The van der Waals surface area contributed by atoms with Gasteiger partial charge in [0.2, 0.25) is 5.91 Å². The van der Waals surface area contributed by atoms with E-state index in [0.29, 0.717) is 24.5 Å².